The van der Waals surface area contributed by atoms with Gasteiger partial charge in [0.25, 0.3) is 0 Å². The summed E-state index contributed by atoms with van der Waals surface area (Å²) in [5.41, 5.74) is 3.11. The van der Waals surface area contributed by atoms with Crippen LogP contribution in [0.4, 0.5) is 0 Å². The Morgan fingerprint density at radius 2 is 2.03 bits per heavy atom. The number of benzene rings is 1. The SMILES string of the molecule is CCNC(=NCc1cc(C(C)C)no1)N(C)Cc1cnn(-c2ccccc2)c1.I. The molecule has 0 aliphatic carbocycles. The molecule has 29 heavy (non-hydrogen) atoms. The van der Waals surface area contributed by atoms with Gasteiger partial charge in [0, 0.05) is 38.0 Å². The predicted molar refractivity (Wildman–Crippen MR) is 126 cm³/mol. The molecule has 0 bridgehead atoms. The van der Waals surface area contributed by atoms with E-state index in [9.17, 15) is 0 Å². The number of aliphatic imine (C=N–C) groups is 1. The molecule has 0 amide bonds. The molecule has 0 atom stereocenters. The summed E-state index contributed by atoms with van der Waals surface area (Å²) >= 11 is 0. The van der Waals surface area contributed by atoms with E-state index in [0.29, 0.717) is 19.0 Å². The Hall–Kier alpha value is -2.36. The van der Waals surface area contributed by atoms with Crippen molar-refractivity contribution in [1.29, 1.82) is 0 Å². The number of guanidine groups is 1. The second-order valence-electron chi connectivity index (χ2n) is 7.03. The first-order valence-corrected chi connectivity index (χ1v) is 9.60. The van der Waals surface area contributed by atoms with Crippen LogP contribution in [0.3, 0.4) is 0 Å². The van der Waals surface area contributed by atoms with Crippen molar-refractivity contribution in [1.82, 2.24) is 25.2 Å². The van der Waals surface area contributed by atoms with Crippen LogP contribution in [-0.2, 0) is 13.1 Å². The van der Waals surface area contributed by atoms with Gasteiger partial charge in [0.1, 0.15) is 6.54 Å². The Kier molecular flexibility index (Phi) is 8.69. The second kappa shape index (κ2) is 11.0. The zero-order valence-corrected chi connectivity index (χ0v) is 19.7. The number of para-hydroxylation sites is 1. The third-order valence-corrected chi connectivity index (χ3v) is 4.33. The molecule has 3 rings (SSSR count). The molecule has 8 heteroatoms. The van der Waals surface area contributed by atoms with E-state index >= 15 is 0 Å². The van der Waals surface area contributed by atoms with Crippen LogP contribution in [0.15, 0.2) is 58.3 Å². The molecule has 3 aromatic rings. The molecule has 0 fully saturated rings. The maximum absolute atomic E-state index is 5.39. The van der Waals surface area contributed by atoms with Crippen molar-refractivity contribution >= 4 is 29.9 Å². The standard InChI is InChI=1S/C21H28N6O.HI/c1-5-22-21(23-13-19-11-20(16(2)3)25-28-19)26(4)14-17-12-24-27(15-17)18-9-7-6-8-10-18;/h6-12,15-16H,5,13-14H2,1-4H3,(H,22,23);1H. The summed E-state index contributed by atoms with van der Waals surface area (Å²) in [6.07, 6.45) is 3.93. The van der Waals surface area contributed by atoms with Gasteiger partial charge in [-0.3, -0.25) is 0 Å². The lowest BCUT2D eigenvalue weighted by molar-refractivity contribution is 0.375. The second-order valence-corrected chi connectivity index (χ2v) is 7.03. The molecule has 0 spiro atoms. The van der Waals surface area contributed by atoms with E-state index in [1.54, 1.807) is 0 Å². The monoisotopic (exact) mass is 508 g/mol. The molecule has 0 saturated carbocycles. The van der Waals surface area contributed by atoms with Crippen molar-refractivity contribution in [2.24, 2.45) is 4.99 Å². The minimum Gasteiger partial charge on any atom is -0.359 e. The minimum atomic E-state index is 0. The molecule has 2 heterocycles. The van der Waals surface area contributed by atoms with Crippen LogP contribution in [0.25, 0.3) is 5.69 Å². The van der Waals surface area contributed by atoms with Gasteiger partial charge in [-0.15, -0.1) is 24.0 Å². The summed E-state index contributed by atoms with van der Waals surface area (Å²) in [4.78, 5) is 6.77. The largest absolute Gasteiger partial charge is 0.359 e. The molecule has 0 saturated heterocycles. The Labute approximate surface area is 189 Å². The molecule has 0 radical (unpaired) electrons. The molecule has 1 aromatic carbocycles. The molecule has 156 valence electrons. The van der Waals surface area contributed by atoms with Crippen molar-refractivity contribution in [3.8, 4) is 5.69 Å². The lowest BCUT2D eigenvalue weighted by Crippen LogP contribution is -2.38. The number of halogens is 1. The Balaban J connectivity index is 0.00000300. The zero-order valence-electron chi connectivity index (χ0n) is 17.4. The average molecular weight is 508 g/mol. The van der Waals surface area contributed by atoms with E-state index in [0.717, 1.165) is 35.2 Å². The first-order chi connectivity index (χ1) is 13.6. The number of nitrogens with zero attached hydrogens (tertiary/aromatic N) is 5. The minimum absolute atomic E-state index is 0. The highest BCUT2D eigenvalue weighted by Gasteiger charge is 2.11. The molecule has 0 aliphatic heterocycles. The van der Waals surface area contributed by atoms with Gasteiger partial charge in [-0.05, 0) is 25.0 Å². The highest BCUT2D eigenvalue weighted by molar-refractivity contribution is 14.0. The predicted octanol–water partition coefficient (Wildman–Crippen LogP) is 4.20. The third kappa shape index (κ3) is 6.31. The van der Waals surface area contributed by atoms with Gasteiger partial charge in [0.15, 0.2) is 11.7 Å². The Morgan fingerprint density at radius 1 is 1.28 bits per heavy atom. The van der Waals surface area contributed by atoms with Gasteiger partial charge in [0.05, 0.1) is 17.6 Å². The number of nitrogens with one attached hydrogen (secondary N) is 1. The summed E-state index contributed by atoms with van der Waals surface area (Å²) in [5.74, 6) is 1.93. The molecule has 0 aliphatic rings. The van der Waals surface area contributed by atoms with Crippen LogP contribution >= 0.6 is 24.0 Å². The van der Waals surface area contributed by atoms with Gasteiger partial charge in [0.2, 0.25) is 0 Å². The summed E-state index contributed by atoms with van der Waals surface area (Å²) in [7, 11) is 2.02. The molecular weight excluding hydrogens is 479 g/mol. The lowest BCUT2D eigenvalue weighted by atomic mass is 10.1. The van der Waals surface area contributed by atoms with Crippen LogP contribution in [-0.4, -0.2) is 39.4 Å². The van der Waals surface area contributed by atoms with Crippen LogP contribution < -0.4 is 5.32 Å². The van der Waals surface area contributed by atoms with Gasteiger partial charge in [-0.2, -0.15) is 5.10 Å². The van der Waals surface area contributed by atoms with E-state index in [1.807, 2.05) is 60.5 Å². The highest BCUT2D eigenvalue weighted by atomic mass is 127. The van der Waals surface area contributed by atoms with Crippen molar-refractivity contribution in [3.63, 3.8) is 0 Å². The number of aromatic nitrogens is 3. The van der Waals surface area contributed by atoms with Gasteiger partial charge in [-0.25, -0.2) is 9.67 Å². The summed E-state index contributed by atoms with van der Waals surface area (Å²) in [6.45, 7) is 8.20. The zero-order chi connectivity index (χ0) is 19.9. The fourth-order valence-corrected chi connectivity index (χ4v) is 2.81. The number of rotatable bonds is 7. The molecule has 0 unspecified atom stereocenters. The molecular formula is C21H29IN6O. The maximum atomic E-state index is 5.39. The topological polar surface area (TPSA) is 71.5 Å². The normalized spacial score (nSPS) is 11.4. The van der Waals surface area contributed by atoms with Crippen LogP contribution in [0, 0.1) is 0 Å². The summed E-state index contributed by atoms with van der Waals surface area (Å²) in [5, 5.41) is 11.9. The maximum Gasteiger partial charge on any atom is 0.194 e. The number of hydrogen-bond acceptors (Lipinski definition) is 4. The Bertz CT molecular complexity index is 903. The van der Waals surface area contributed by atoms with Crippen molar-refractivity contribution < 1.29 is 4.52 Å². The van der Waals surface area contributed by atoms with Gasteiger partial charge < -0.3 is 14.7 Å². The van der Waals surface area contributed by atoms with Gasteiger partial charge >= 0.3 is 0 Å². The van der Waals surface area contributed by atoms with E-state index in [-0.39, 0.29) is 24.0 Å². The molecule has 2 aromatic heterocycles. The van der Waals surface area contributed by atoms with Crippen molar-refractivity contribution in [3.05, 3.63) is 65.8 Å². The van der Waals surface area contributed by atoms with Gasteiger partial charge in [-0.1, -0.05) is 37.2 Å². The van der Waals surface area contributed by atoms with E-state index in [1.165, 1.54) is 0 Å². The first-order valence-electron chi connectivity index (χ1n) is 9.60. The molecule has 7 nitrogen and oxygen atoms in total. The fourth-order valence-electron chi connectivity index (χ4n) is 2.81. The number of hydrogen-bond donors (Lipinski definition) is 1. The lowest BCUT2D eigenvalue weighted by Gasteiger charge is -2.21. The quantitative estimate of drug-likeness (QED) is 0.294. The Morgan fingerprint density at radius 3 is 2.69 bits per heavy atom. The first kappa shape index (κ1) is 22.9. The van der Waals surface area contributed by atoms with Crippen LogP contribution in [0.1, 0.15) is 43.7 Å². The fraction of sp³-hybridized carbons (Fsp3) is 0.381. The smallest absolute Gasteiger partial charge is 0.194 e. The highest BCUT2D eigenvalue weighted by Crippen LogP contribution is 2.15. The van der Waals surface area contributed by atoms with Crippen LogP contribution in [0.5, 0.6) is 0 Å². The van der Waals surface area contributed by atoms with E-state index < -0.39 is 0 Å². The van der Waals surface area contributed by atoms with Crippen molar-refractivity contribution in [2.45, 2.75) is 39.8 Å². The van der Waals surface area contributed by atoms with Crippen LogP contribution in [0.2, 0.25) is 0 Å². The summed E-state index contributed by atoms with van der Waals surface area (Å²) in [6, 6.07) is 12.1. The van der Waals surface area contributed by atoms with Crippen molar-refractivity contribution in [2.75, 3.05) is 13.6 Å². The van der Waals surface area contributed by atoms with E-state index in [2.05, 4.69) is 46.2 Å². The van der Waals surface area contributed by atoms with E-state index in [4.69, 9.17) is 4.52 Å². The third-order valence-electron chi connectivity index (χ3n) is 4.33. The molecule has 1 N–H and O–H groups in total. The summed E-state index contributed by atoms with van der Waals surface area (Å²) < 4.78 is 7.27. The average Bonchev–Trinajstić information content (AvgIpc) is 3.35.